The molecule has 1 aromatic heterocycles. The zero-order chi connectivity index (χ0) is 11.5. The lowest BCUT2D eigenvalue weighted by molar-refractivity contribution is 0.0968. The molecule has 1 heterocycles. The Morgan fingerprint density at radius 3 is 2.88 bits per heavy atom. The number of benzene rings is 1. The number of nitrogens with two attached hydrogens (primary N) is 1. The van der Waals surface area contributed by atoms with Crippen LogP contribution in [0.3, 0.4) is 0 Å². The minimum absolute atomic E-state index is 0.158. The van der Waals surface area contributed by atoms with Gasteiger partial charge in [-0.3, -0.25) is 4.79 Å². The quantitative estimate of drug-likeness (QED) is 0.792. The van der Waals surface area contributed by atoms with Crippen LogP contribution in [0.25, 0.3) is 11.5 Å². The summed E-state index contributed by atoms with van der Waals surface area (Å²) in [5.74, 6) is -0.876. The van der Waals surface area contributed by atoms with E-state index in [4.69, 9.17) is 15.4 Å². The molecule has 0 fully saturated rings. The first-order valence-corrected chi connectivity index (χ1v) is 4.34. The molecule has 0 unspecified atom stereocenters. The molecule has 0 radical (unpaired) electrons. The topological polar surface area (TPSA) is 106 Å². The fourth-order valence-electron chi connectivity index (χ4n) is 1.16. The minimum atomic E-state index is -0.782. The first-order chi connectivity index (χ1) is 7.70. The van der Waals surface area contributed by atoms with Gasteiger partial charge >= 0.3 is 11.8 Å². The molecule has 0 bridgehead atoms. The maximum Gasteiger partial charge on any atom is 0.306 e. The lowest BCUT2D eigenvalue weighted by Gasteiger charge is -1.93. The zero-order valence-electron chi connectivity index (χ0n) is 8.04. The van der Waals surface area contributed by atoms with Gasteiger partial charge in [0.15, 0.2) is 0 Å². The molecule has 0 aliphatic heterocycles. The van der Waals surface area contributed by atoms with Crippen molar-refractivity contribution < 1.29 is 9.21 Å². The fraction of sp³-hybridized carbons (Fsp3) is 0. The molecule has 16 heavy (non-hydrogen) atoms. The number of nitrogens with zero attached hydrogens (tertiary/aromatic N) is 3. The molecule has 6 nitrogen and oxygen atoms in total. The second-order valence-corrected chi connectivity index (χ2v) is 2.97. The summed E-state index contributed by atoms with van der Waals surface area (Å²) in [7, 11) is 0. The van der Waals surface area contributed by atoms with Crippen LogP contribution in [0.2, 0.25) is 0 Å². The molecule has 78 valence electrons. The van der Waals surface area contributed by atoms with Crippen molar-refractivity contribution in [3.8, 4) is 17.5 Å². The van der Waals surface area contributed by atoms with Crippen molar-refractivity contribution in [2.24, 2.45) is 5.73 Å². The second kappa shape index (κ2) is 3.82. The SMILES string of the molecule is N#Cc1cccc(-c2nnc(C(N)=O)o2)c1. The lowest BCUT2D eigenvalue weighted by atomic mass is 10.1. The predicted molar refractivity (Wildman–Crippen MR) is 53.0 cm³/mol. The molecule has 1 aromatic carbocycles. The fourth-order valence-corrected chi connectivity index (χ4v) is 1.16. The summed E-state index contributed by atoms with van der Waals surface area (Å²) in [6, 6.07) is 8.59. The van der Waals surface area contributed by atoms with Gasteiger partial charge in [0, 0.05) is 5.56 Å². The Labute approximate surface area is 90.3 Å². The third kappa shape index (κ3) is 1.74. The predicted octanol–water partition coefficient (Wildman–Crippen LogP) is 0.707. The summed E-state index contributed by atoms with van der Waals surface area (Å²) in [6.07, 6.45) is 0. The molecule has 2 N–H and O–H groups in total. The molecule has 0 aliphatic rings. The highest BCUT2D eigenvalue weighted by atomic mass is 16.4. The molecule has 0 saturated heterocycles. The smallest absolute Gasteiger partial charge is 0.306 e. The highest BCUT2D eigenvalue weighted by Crippen LogP contribution is 2.18. The average Bonchev–Trinajstić information content (AvgIpc) is 2.78. The van der Waals surface area contributed by atoms with Crippen LogP contribution in [0.15, 0.2) is 28.7 Å². The van der Waals surface area contributed by atoms with E-state index in [2.05, 4.69) is 10.2 Å². The Morgan fingerprint density at radius 2 is 2.25 bits per heavy atom. The van der Waals surface area contributed by atoms with E-state index in [0.717, 1.165) is 0 Å². The van der Waals surface area contributed by atoms with Crippen molar-refractivity contribution >= 4 is 5.91 Å². The molecule has 0 aliphatic carbocycles. The van der Waals surface area contributed by atoms with Gasteiger partial charge in [0.2, 0.25) is 5.89 Å². The first kappa shape index (κ1) is 9.86. The maximum absolute atomic E-state index is 10.7. The average molecular weight is 214 g/mol. The van der Waals surface area contributed by atoms with Gasteiger partial charge < -0.3 is 10.2 Å². The maximum atomic E-state index is 10.7. The number of primary amides is 1. The van der Waals surface area contributed by atoms with Crippen LogP contribution in [0.4, 0.5) is 0 Å². The largest absolute Gasteiger partial charge is 0.412 e. The van der Waals surface area contributed by atoms with Gasteiger partial charge in [0.05, 0.1) is 11.6 Å². The monoisotopic (exact) mass is 214 g/mol. The van der Waals surface area contributed by atoms with Gasteiger partial charge in [-0.25, -0.2) is 0 Å². The van der Waals surface area contributed by atoms with Crippen molar-refractivity contribution in [2.45, 2.75) is 0 Å². The van der Waals surface area contributed by atoms with E-state index in [1.807, 2.05) is 6.07 Å². The Hall–Kier alpha value is -2.68. The summed E-state index contributed by atoms with van der Waals surface area (Å²) in [4.78, 5) is 10.7. The zero-order valence-corrected chi connectivity index (χ0v) is 8.04. The van der Waals surface area contributed by atoms with Gasteiger partial charge in [-0.1, -0.05) is 6.07 Å². The molecule has 2 rings (SSSR count). The molecule has 2 aromatic rings. The third-order valence-electron chi connectivity index (χ3n) is 1.87. The van der Waals surface area contributed by atoms with E-state index in [-0.39, 0.29) is 11.8 Å². The molecule has 1 amide bonds. The van der Waals surface area contributed by atoms with E-state index < -0.39 is 5.91 Å². The van der Waals surface area contributed by atoms with Crippen LogP contribution in [-0.4, -0.2) is 16.1 Å². The number of amides is 1. The van der Waals surface area contributed by atoms with Gasteiger partial charge in [0.1, 0.15) is 0 Å². The van der Waals surface area contributed by atoms with E-state index in [9.17, 15) is 4.79 Å². The number of hydrogen-bond acceptors (Lipinski definition) is 5. The Bertz CT molecular complexity index is 583. The summed E-state index contributed by atoms with van der Waals surface area (Å²) >= 11 is 0. The second-order valence-electron chi connectivity index (χ2n) is 2.97. The molecular formula is C10H6N4O2. The normalized spacial score (nSPS) is 9.69. The van der Waals surface area contributed by atoms with E-state index in [1.165, 1.54) is 0 Å². The van der Waals surface area contributed by atoms with Crippen molar-refractivity contribution in [1.29, 1.82) is 5.26 Å². The van der Waals surface area contributed by atoms with Crippen molar-refractivity contribution in [1.82, 2.24) is 10.2 Å². The van der Waals surface area contributed by atoms with Crippen molar-refractivity contribution in [2.75, 3.05) is 0 Å². The Kier molecular flexibility index (Phi) is 2.36. The number of carbonyl (C=O) groups is 1. The van der Waals surface area contributed by atoms with Gasteiger partial charge in [-0.15, -0.1) is 10.2 Å². The standard InChI is InChI=1S/C10H6N4O2/c11-5-6-2-1-3-7(4-6)9-13-14-10(16-9)8(12)15/h1-4H,(H2,12,15). The van der Waals surface area contributed by atoms with E-state index in [0.29, 0.717) is 11.1 Å². The third-order valence-corrected chi connectivity index (χ3v) is 1.87. The Morgan fingerprint density at radius 1 is 1.44 bits per heavy atom. The van der Waals surface area contributed by atoms with Gasteiger partial charge in [-0.2, -0.15) is 5.26 Å². The number of aromatic nitrogens is 2. The highest BCUT2D eigenvalue weighted by Gasteiger charge is 2.12. The first-order valence-electron chi connectivity index (χ1n) is 4.34. The van der Waals surface area contributed by atoms with Crippen molar-refractivity contribution in [3.63, 3.8) is 0 Å². The van der Waals surface area contributed by atoms with Crippen LogP contribution in [-0.2, 0) is 0 Å². The van der Waals surface area contributed by atoms with Gasteiger partial charge in [0.25, 0.3) is 0 Å². The van der Waals surface area contributed by atoms with E-state index in [1.54, 1.807) is 24.3 Å². The van der Waals surface area contributed by atoms with Crippen molar-refractivity contribution in [3.05, 3.63) is 35.7 Å². The van der Waals surface area contributed by atoms with E-state index >= 15 is 0 Å². The minimum Gasteiger partial charge on any atom is -0.412 e. The molecule has 6 heteroatoms. The molecule has 0 atom stereocenters. The van der Waals surface area contributed by atoms with Crippen LogP contribution in [0.1, 0.15) is 16.2 Å². The highest BCUT2D eigenvalue weighted by molar-refractivity contribution is 5.88. The summed E-state index contributed by atoms with van der Waals surface area (Å²) in [5.41, 5.74) is 6.01. The molecule has 0 saturated carbocycles. The number of rotatable bonds is 2. The number of hydrogen-bond donors (Lipinski definition) is 1. The van der Waals surface area contributed by atoms with Crippen LogP contribution >= 0.6 is 0 Å². The summed E-state index contributed by atoms with van der Waals surface area (Å²) in [5, 5.41) is 15.8. The Balaban J connectivity index is 2.43. The van der Waals surface area contributed by atoms with Crippen LogP contribution in [0.5, 0.6) is 0 Å². The number of carbonyl (C=O) groups excluding carboxylic acids is 1. The molecular weight excluding hydrogens is 208 g/mol. The van der Waals surface area contributed by atoms with Gasteiger partial charge in [-0.05, 0) is 18.2 Å². The number of nitriles is 1. The van der Waals surface area contributed by atoms with Crippen LogP contribution < -0.4 is 5.73 Å². The summed E-state index contributed by atoms with van der Waals surface area (Å²) < 4.78 is 5.02. The summed E-state index contributed by atoms with van der Waals surface area (Å²) in [6.45, 7) is 0. The van der Waals surface area contributed by atoms with Crippen LogP contribution in [0, 0.1) is 11.3 Å². The molecule has 0 spiro atoms. The lowest BCUT2D eigenvalue weighted by Crippen LogP contribution is -2.10.